The molecule has 0 unspecified atom stereocenters. The Morgan fingerprint density at radius 3 is 2.26 bits per heavy atom. The summed E-state index contributed by atoms with van der Waals surface area (Å²) >= 11 is 12.3. The topological polar surface area (TPSA) is 71.8 Å². The van der Waals surface area contributed by atoms with Gasteiger partial charge >= 0.3 is 0 Å². The first kappa shape index (κ1) is 27.6. The number of methoxy groups -OCH3 is 1. The highest BCUT2D eigenvalue weighted by molar-refractivity contribution is 7.80. The highest BCUT2D eigenvalue weighted by Gasteiger charge is 2.42. The molecule has 1 aliphatic rings. The number of nitrogens with one attached hydrogen (secondary N) is 1. The van der Waals surface area contributed by atoms with Crippen molar-refractivity contribution in [2.75, 3.05) is 12.0 Å². The zero-order valence-electron chi connectivity index (χ0n) is 23.3. The van der Waals surface area contributed by atoms with Crippen LogP contribution in [0.5, 0.6) is 23.0 Å². The molecule has 1 fully saturated rings. The summed E-state index contributed by atoms with van der Waals surface area (Å²) in [5, 5.41) is 15.4. The summed E-state index contributed by atoms with van der Waals surface area (Å²) in [4.78, 5) is 6.79. The molecule has 1 saturated heterocycles. The predicted molar refractivity (Wildman–Crippen MR) is 169 cm³/mol. The van der Waals surface area contributed by atoms with Crippen LogP contribution in [-0.4, -0.2) is 26.9 Å². The lowest BCUT2D eigenvalue weighted by molar-refractivity contribution is 0.413. The van der Waals surface area contributed by atoms with Crippen LogP contribution < -0.4 is 19.7 Å². The molecule has 3 aromatic carbocycles. The number of pyridine rings is 1. The van der Waals surface area contributed by atoms with Gasteiger partial charge in [0.2, 0.25) is 0 Å². The molecule has 2 atom stereocenters. The van der Waals surface area contributed by atoms with Gasteiger partial charge in [0.05, 0.1) is 30.6 Å². The molecular weight excluding hydrogens is 568 g/mol. The number of nitrogens with zero attached hydrogens (tertiary/aromatic N) is 3. The monoisotopic (exact) mass is 596 g/mol. The Labute approximate surface area is 254 Å². The molecule has 0 bridgehead atoms. The van der Waals surface area contributed by atoms with Crippen molar-refractivity contribution in [3.8, 4) is 28.7 Å². The molecule has 2 N–H and O–H groups in total. The molecule has 1 aliphatic heterocycles. The second-order valence-electron chi connectivity index (χ2n) is 10.1. The lowest BCUT2D eigenvalue weighted by Crippen LogP contribution is -2.29. The molecular formula is C33H29ClN4O3S. The van der Waals surface area contributed by atoms with E-state index >= 15 is 0 Å². The number of halogens is 1. The summed E-state index contributed by atoms with van der Waals surface area (Å²) in [6.45, 7) is 4.06. The molecule has 0 radical (unpaired) electrons. The third-order valence-corrected chi connectivity index (χ3v) is 8.03. The highest BCUT2D eigenvalue weighted by atomic mass is 35.5. The summed E-state index contributed by atoms with van der Waals surface area (Å²) in [5.41, 5.74) is 5.38. The molecule has 0 amide bonds. The van der Waals surface area contributed by atoms with Crippen LogP contribution in [0.1, 0.15) is 34.7 Å². The van der Waals surface area contributed by atoms with Gasteiger partial charge in [-0.1, -0.05) is 17.7 Å². The SMILES string of the molecule is COc1ccc(Oc2ccc(N3C(=S)N[C@@H](c4ccccn4)[C@H]3c3cc(C)n(-c4cc(Cl)ccc4O)c3C)cc2)cc1. The van der Waals surface area contributed by atoms with E-state index in [1.165, 1.54) is 0 Å². The van der Waals surface area contributed by atoms with Crippen LogP contribution in [0.25, 0.3) is 5.69 Å². The van der Waals surface area contributed by atoms with Crippen LogP contribution in [0, 0.1) is 13.8 Å². The Morgan fingerprint density at radius 2 is 1.60 bits per heavy atom. The Hall–Kier alpha value is -4.53. The largest absolute Gasteiger partial charge is 0.506 e. The van der Waals surface area contributed by atoms with Crippen LogP contribution in [-0.2, 0) is 0 Å². The molecule has 5 aromatic rings. The number of hydrogen-bond donors (Lipinski definition) is 2. The summed E-state index contributed by atoms with van der Waals surface area (Å²) < 4.78 is 13.3. The zero-order chi connectivity index (χ0) is 29.4. The zero-order valence-corrected chi connectivity index (χ0v) is 24.9. The second kappa shape index (κ2) is 11.4. The average molecular weight is 597 g/mol. The number of phenolic OH excluding ortho intramolecular Hbond substituents is 1. The number of benzene rings is 3. The van der Waals surface area contributed by atoms with Gasteiger partial charge in [0.15, 0.2) is 5.11 Å². The van der Waals surface area contributed by atoms with Crippen LogP contribution in [0.4, 0.5) is 5.69 Å². The van der Waals surface area contributed by atoms with Gasteiger partial charge in [-0.3, -0.25) is 4.98 Å². The summed E-state index contributed by atoms with van der Waals surface area (Å²) in [6, 6.07) is 28.0. The molecule has 6 rings (SSSR count). The second-order valence-corrected chi connectivity index (χ2v) is 10.9. The number of phenols is 1. The van der Waals surface area contributed by atoms with Crippen molar-refractivity contribution in [1.82, 2.24) is 14.9 Å². The van der Waals surface area contributed by atoms with E-state index in [0.717, 1.165) is 34.1 Å². The van der Waals surface area contributed by atoms with Crippen LogP contribution in [0.3, 0.4) is 0 Å². The van der Waals surface area contributed by atoms with Crippen molar-refractivity contribution in [3.63, 3.8) is 0 Å². The van der Waals surface area contributed by atoms with E-state index in [-0.39, 0.29) is 17.8 Å². The standard InChI is InChI=1S/C33H29ClN4O3S/c1-20-18-27(21(2)37(20)29-19-22(34)7-16-30(29)39)32-31(28-6-4-5-17-35-28)36-33(42)38(32)23-8-10-25(11-9-23)41-26-14-12-24(40-3)13-15-26/h4-19,31-32,39H,1-3H3,(H,36,42)/t31-,32+/m0/s1. The van der Waals surface area contributed by atoms with E-state index < -0.39 is 0 Å². The quantitative estimate of drug-likeness (QED) is 0.186. The number of aryl methyl sites for hydroxylation is 1. The summed E-state index contributed by atoms with van der Waals surface area (Å²) in [6.07, 6.45) is 1.79. The maximum Gasteiger partial charge on any atom is 0.174 e. The third-order valence-electron chi connectivity index (χ3n) is 7.48. The van der Waals surface area contributed by atoms with E-state index in [4.69, 9.17) is 33.3 Å². The van der Waals surface area contributed by atoms with Gasteiger partial charge in [-0.2, -0.15) is 0 Å². The van der Waals surface area contributed by atoms with E-state index in [9.17, 15) is 5.11 Å². The van der Waals surface area contributed by atoms with Gasteiger partial charge in [0.1, 0.15) is 23.0 Å². The minimum absolute atomic E-state index is 0.151. The Morgan fingerprint density at radius 1 is 0.905 bits per heavy atom. The number of thiocarbonyl (C=S) groups is 1. The fraction of sp³-hybridized carbons (Fsp3) is 0.152. The number of ether oxygens (including phenoxy) is 2. The number of aromatic hydroxyl groups is 1. The van der Waals surface area contributed by atoms with Crippen molar-refractivity contribution < 1.29 is 14.6 Å². The van der Waals surface area contributed by atoms with E-state index in [1.54, 1.807) is 31.5 Å². The van der Waals surface area contributed by atoms with Gasteiger partial charge < -0.3 is 29.4 Å². The molecule has 42 heavy (non-hydrogen) atoms. The number of hydrogen-bond acceptors (Lipinski definition) is 5. The molecule has 0 spiro atoms. The van der Waals surface area contributed by atoms with E-state index in [1.807, 2.05) is 85.1 Å². The molecule has 0 saturated carbocycles. The van der Waals surface area contributed by atoms with Crippen molar-refractivity contribution in [1.29, 1.82) is 0 Å². The normalized spacial score (nSPS) is 16.4. The summed E-state index contributed by atoms with van der Waals surface area (Å²) in [7, 11) is 1.64. The van der Waals surface area contributed by atoms with Crippen molar-refractivity contribution in [3.05, 3.63) is 125 Å². The van der Waals surface area contributed by atoms with Gasteiger partial charge in [-0.15, -0.1) is 0 Å². The van der Waals surface area contributed by atoms with Crippen molar-refractivity contribution >= 4 is 34.6 Å². The van der Waals surface area contributed by atoms with E-state index in [2.05, 4.69) is 21.3 Å². The highest BCUT2D eigenvalue weighted by Crippen LogP contribution is 2.44. The molecule has 212 valence electrons. The Kier molecular flexibility index (Phi) is 7.49. The predicted octanol–water partition coefficient (Wildman–Crippen LogP) is 7.83. The van der Waals surface area contributed by atoms with Gasteiger partial charge in [0.25, 0.3) is 0 Å². The molecule has 0 aliphatic carbocycles. The first-order valence-electron chi connectivity index (χ1n) is 13.4. The fourth-order valence-electron chi connectivity index (χ4n) is 5.54. The van der Waals surface area contributed by atoms with Gasteiger partial charge in [-0.25, -0.2) is 0 Å². The molecule has 9 heteroatoms. The van der Waals surface area contributed by atoms with Gasteiger partial charge in [0, 0.05) is 28.3 Å². The van der Waals surface area contributed by atoms with Crippen LogP contribution >= 0.6 is 23.8 Å². The first-order valence-corrected chi connectivity index (χ1v) is 14.2. The Bertz CT molecular complexity index is 1740. The van der Waals surface area contributed by atoms with Crippen LogP contribution in [0.15, 0.2) is 97.2 Å². The maximum atomic E-state index is 10.7. The van der Waals surface area contributed by atoms with Crippen molar-refractivity contribution in [2.24, 2.45) is 0 Å². The number of aromatic nitrogens is 2. The number of anilines is 1. The van der Waals surface area contributed by atoms with Gasteiger partial charge in [-0.05, 0) is 117 Å². The van der Waals surface area contributed by atoms with Crippen molar-refractivity contribution in [2.45, 2.75) is 25.9 Å². The smallest absolute Gasteiger partial charge is 0.174 e. The number of rotatable bonds is 7. The summed E-state index contributed by atoms with van der Waals surface area (Å²) in [5.74, 6) is 2.34. The fourth-order valence-corrected chi connectivity index (χ4v) is 6.05. The first-order chi connectivity index (χ1) is 20.3. The minimum Gasteiger partial charge on any atom is -0.506 e. The molecule has 2 aromatic heterocycles. The average Bonchev–Trinajstić information content (AvgIpc) is 3.50. The molecule has 7 nitrogen and oxygen atoms in total. The third kappa shape index (κ3) is 5.15. The van der Waals surface area contributed by atoms with E-state index in [0.29, 0.717) is 27.3 Å². The minimum atomic E-state index is -0.220. The van der Waals surface area contributed by atoms with Crippen LogP contribution in [0.2, 0.25) is 5.02 Å². The lowest BCUT2D eigenvalue weighted by atomic mass is 9.96. The maximum absolute atomic E-state index is 10.7. The lowest BCUT2D eigenvalue weighted by Gasteiger charge is -2.28. The molecule has 3 heterocycles. The Balaban J connectivity index is 1.40.